The van der Waals surface area contributed by atoms with E-state index in [-0.39, 0.29) is 5.91 Å². The van der Waals surface area contributed by atoms with Crippen molar-refractivity contribution in [3.05, 3.63) is 29.8 Å². The molecule has 1 amide bonds. The molecule has 3 N–H and O–H groups in total. The third-order valence-corrected chi connectivity index (χ3v) is 3.38. The highest BCUT2D eigenvalue weighted by molar-refractivity contribution is 7.80. The number of carbonyl (C=O) groups excluding carboxylic acids is 1. The molecule has 0 spiro atoms. The van der Waals surface area contributed by atoms with Gasteiger partial charge in [-0.1, -0.05) is 24.4 Å². The zero-order valence-corrected chi connectivity index (χ0v) is 12.1. The number of nitrogens with two attached hydrogens (primary N) is 1. The number of benzene rings is 1. The Kier molecular flexibility index (Phi) is 5.31. The number of nitrogens with one attached hydrogen (secondary N) is 1. The lowest BCUT2D eigenvalue weighted by atomic mass is 10.2. The Morgan fingerprint density at radius 2 is 2.25 bits per heavy atom. The van der Waals surface area contributed by atoms with Gasteiger partial charge in [-0.3, -0.25) is 9.69 Å². The van der Waals surface area contributed by atoms with Crippen molar-refractivity contribution < 1.29 is 9.53 Å². The van der Waals surface area contributed by atoms with Gasteiger partial charge in [0, 0.05) is 19.6 Å². The Labute approximate surface area is 124 Å². The lowest BCUT2D eigenvalue weighted by Crippen LogP contribution is -2.35. The fraction of sp³-hybridized carbons (Fsp3) is 0.429. The van der Waals surface area contributed by atoms with Crippen molar-refractivity contribution in [2.24, 2.45) is 5.73 Å². The lowest BCUT2D eigenvalue weighted by Gasteiger charge is -2.19. The Morgan fingerprint density at radius 1 is 1.45 bits per heavy atom. The standard InChI is InChI=1S/C14H19N3O2S/c15-14(20)11-4-1-2-5-12(11)19-9-8-17-7-3-6-16-13(18)10-17/h1-2,4-5H,3,6-10H2,(H2,15,20)(H,16,18). The summed E-state index contributed by atoms with van der Waals surface area (Å²) >= 11 is 4.99. The normalized spacial score (nSPS) is 16.3. The van der Waals surface area contributed by atoms with Gasteiger partial charge in [-0.15, -0.1) is 0 Å². The number of rotatable bonds is 5. The van der Waals surface area contributed by atoms with Gasteiger partial charge in [0.1, 0.15) is 17.3 Å². The molecule has 5 nitrogen and oxygen atoms in total. The Balaban J connectivity index is 1.86. The molecule has 1 saturated heterocycles. The molecule has 0 saturated carbocycles. The zero-order chi connectivity index (χ0) is 14.4. The van der Waals surface area contributed by atoms with E-state index in [2.05, 4.69) is 10.2 Å². The third kappa shape index (κ3) is 4.18. The number of ether oxygens (including phenoxy) is 1. The van der Waals surface area contributed by atoms with Crippen LogP contribution in [0, 0.1) is 0 Å². The van der Waals surface area contributed by atoms with Crippen molar-refractivity contribution in [2.75, 3.05) is 32.8 Å². The molecule has 1 heterocycles. The van der Waals surface area contributed by atoms with Gasteiger partial charge in [-0.2, -0.15) is 0 Å². The van der Waals surface area contributed by atoms with E-state index >= 15 is 0 Å². The van der Waals surface area contributed by atoms with Crippen LogP contribution in [0.25, 0.3) is 0 Å². The number of amides is 1. The van der Waals surface area contributed by atoms with E-state index in [1.54, 1.807) is 0 Å². The van der Waals surface area contributed by atoms with Crippen LogP contribution in [0.3, 0.4) is 0 Å². The molecule has 0 aliphatic carbocycles. The minimum Gasteiger partial charge on any atom is -0.492 e. The summed E-state index contributed by atoms with van der Waals surface area (Å²) in [6, 6.07) is 7.46. The van der Waals surface area contributed by atoms with Crippen LogP contribution in [0.5, 0.6) is 5.75 Å². The molecule has 1 aromatic carbocycles. The van der Waals surface area contributed by atoms with Crippen molar-refractivity contribution in [3.63, 3.8) is 0 Å². The van der Waals surface area contributed by atoms with Crippen molar-refractivity contribution in [2.45, 2.75) is 6.42 Å². The molecule has 0 aromatic heterocycles. The molecule has 1 aliphatic heterocycles. The summed E-state index contributed by atoms with van der Waals surface area (Å²) in [6.45, 7) is 3.30. The van der Waals surface area contributed by atoms with Gasteiger partial charge in [0.05, 0.1) is 12.1 Å². The third-order valence-electron chi connectivity index (χ3n) is 3.16. The first-order valence-corrected chi connectivity index (χ1v) is 7.08. The number of hydrogen-bond donors (Lipinski definition) is 2. The van der Waals surface area contributed by atoms with E-state index < -0.39 is 0 Å². The molecule has 1 fully saturated rings. The van der Waals surface area contributed by atoms with Gasteiger partial charge >= 0.3 is 0 Å². The molecule has 0 unspecified atom stereocenters. The maximum atomic E-state index is 11.4. The van der Waals surface area contributed by atoms with E-state index in [9.17, 15) is 4.79 Å². The smallest absolute Gasteiger partial charge is 0.234 e. The first-order chi connectivity index (χ1) is 9.66. The van der Waals surface area contributed by atoms with Crippen molar-refractivity contribution in [1.82, 2.24) is 10.2 Å². The molecule has 20 heavy (non-hydrogen) atoms. The summed E-state index contributed by atoms with van der Waals surface area (Å²) < 4.78 is 5.74. The topological polar surface area (TPSA) is 67.6 Å². The highest BCUT2D eigenvalue weighted by atomic mass is 32.1. The summed E-state index contributed by atoms with van der Waals surface area (Å²) in [5.41, 5.74) is 6.40. The zero-order valence-electron chi connectivity index (χ0n) is 11.3. The Bertz CT molecular complexity index is 493. The predicted molar refractivity (Wildman–Crippen MR) is 81.9 cm³/mol. The molecule has 2 rings (SSSR count). The fourth-order valence-corrected chi connectivity index (χ4v) is 2.31. The molecule has 1 aliphatic rings. The first kappa shape index (κ1) is 14.7. The Hall–Kier alpha value is -1.66. The van der Waals surface area contributed by atoms with Crippen LogP contribution < -0.4 is 15.8 Å². The van der Waals surface area contributed by atoms with Gasteiger partial charge in [0.2, 0.25) is 5.91 Å². The van der Waals surface area contributed by atoms with Crippen molar-refractivity contribution >= 4 is 23.1 Å². The molecule has 1 aromatic rings. The number of carbonyl (C=O) groups is 1. The molecule has 0 radical (unpaired) electrons. The number of nitrogens with zero attached hydrogens (tertiary/aromatic N) is 1. The summed E-state index contributed by atoms with van der Waals surface area (Å²) in [7, 11) is 0. The van der Waals surface area contributed by atoms with Crippen LogP contribution in [-0.4, -0.2) is 48.6 Å². The minimum atomic E-state index is 0.0750. The molecular formula is C14H19N3O2S. The molecule has 0 bridgehead atoms. The molecule has 0 atom stereocenters. The van der Waals surface area contributed by atoms with E-state index in [0.717, 1.165) is 25.1 Å². The second-order valence-electron chi connectivity index (χ2n) is 4.69. The van der Waals surface area contributed by atoms with Crippen LogP contribution >= 0.6 is 12.2 Å². The fourth-order valence-electron chi connectivity index (χ4n) is 2.14. The molecule has 6 heteroatoms. The summed E-state index contributed by atoms with van der Waals surface area (Å²) in [4.78, 5) is 13.9. The maximum Gasteiger partial charge on any atom is 0.234 e. The Morgan fingerprint density at radius 3 is 3.05 bits per heavy atom. The second kappa shape index (κ2) is 7.21. The minimum absolute atomic E-state index is 0.0750. The highest BCUT2D eigenvalue weighted by Crippen LogP contribution is 2.17. The summed E-state index contributed by atoms with van der Waals surface area (Å²) in [6.07, 6.45) is 0.967. The van der Waals surface area contributed by atoms with Gasteiger partial charge in [0.25, 0.3) is 0 Å². The van der Waals surface area contributed by atoms with E-state index in [1.807, 2.05) is 24.3 Å². The van der Waals surface area contributed by atoms with Crippen molar-refractivity contribution in [1.29, 1.82) is 0 Å². The average Bonchev–Trinajstić information content (AvgIpc) is 2.63. The van der Waals surface area contributed by atoms with Crippen LogP contribution in [0.4, 0.5) is 0 Å². The van der Waals surface area contributed by atoms with Crippen LogP contribution in [-0.2, 0) is 4.79 Å². The van der Waals surface area contributed by atoms with E-state index in [0.29, 0.717) is 30.4 Å². The van der Waals surface area contributed by atoms with E-state index in [1.165, 1.54) is 0 Å². The monoisotopic (exact) mass is 293 g/mol. The second-order valence-corrected chi connectivity index (χ2v) is 5.13. The van der Waals surface area contributed by atoms with Gasteiger partial charge < -0.3 is 15.8 Å². The van der Waals surface area contributed by atoms with Gasteiger partial charge in [-0.25, -0.2) is 0 Å². The number of hydrogen-bond acceptors (Lipinski definition) is 4. The van der Waals surface area contributed by atoms with Gasteiger partial charge in [0.15, 0.2) is 0 Å². The molecule has 108 valence electrons. The largest absolute Gasteiger partial charge is 0.492 e. The maximum absolute atomic E-state index is 11.4. The number of thiocarbonyl (C=S) groups is 1. The predicted octanol–water partition coefficient (Wildman–Crippen LogP) is 0.522. The average molecular weight is 293 g/mol. The van der Waals surface area contributed by atoms with Crippen LogP contribution in [0.2, 0.25) is 0 Å². The SMILES string of the molecule is NC(=S)c1ccccc1OCCN1CCCNC(=O)C1. The summed E-state index contributed by atoms with van der Waals surface area (Å²) in [5.74, 6) is 0.769. The van der Waals surface area contributed by atoms with E-state index in [4.69, 9.17) is 22.7 Å². The lowest BCUT2D eigenvalue weighted by molar-refractivity contribution is -0.121. The number of para-hydroxylation sites is 1. The first-order valence-electron chi connectivity index (χ1n) is 6.67. The van der Waals surface area contributed by atoms with Crippen LogP contribution in [0.15, 0.2) is 24.3 Å². The molecular weight excluding hydrogens is 274 g/mol. The highest BCUT2D eigenvalue weighted by Gasteiger charge is 2.14. The van der Waals surface area contributed by atoms with Gasteiger partial charge in [-0.05, 0) is 18.6 Å². The van der Waals surface area contributed by atoms with Crippen molar-refractivity contribution in [3.8, 4) is 5.75 Å². The van der Waals surface area contributed by atoms with Crippen LogP contribution in [0.1, 0.15) is 12.0 Å². The quantitative estimate of drug-likeness (QED) is 0.775. The summed E-state index contributed by atoms with van der Waals surface area (Å²) in [5, 5.41) is 2.85.